The number of nitrogens with zero attached hydrogens (tertiary/aromatic N) is 1. The van der Waals surface area contributed by atoms with Gasteiger partial charge in [0.05, 0.1) is 19.4 Å². The quantitative estimate of drug-likeness (QED) is 0.285. The number of Topliss-reactive ketones (excluding diaryl/α,β-unsaturated/α-hetero) is 2. The van der Waals surface area contributed by atoms with E-state index in [1.807, 2.05) is 0 Å². The van der Waals surface area contributed by atoms with Crippen molar-refractivity contribution in [2.75, 3.05) is 27.3 Å². The lowest BCUT2D eigenvalue weighted by atomic mass is 9.79. The van der Waals surface area contributed by atoms with Crippen LogP contribution in [-0.4, -0.2) is 86.7 Å². The predicted molar refractivity (Wildman–Crippen MR) is 97.8 cm³/mol. The van der Waals surface area contributed by atoms with E-state index in [2.05, 4.69) is 0 Å². The smallest absolute Gasteiger partial charge is 0.371 e. The number of hydrogen-bond donors (Lipinski definition) is 0. The summed E-state index contributed by atoms with van der Waals surface area (Å²) in [6, 6.07) is 0. The largest absolute Gasteiger partial charge is 0.459 e. The van der Waals surface area contributed by atoms with Crippen molar-refractivity contribution in [3.8, 4) is 0 Å². The van der Waals surface area contributed by atoms with Gasteiger partial charge in [-0.3, -0.25) is 14.4 Å². The Morgan fingerprint density at radius 2 is 0.829 bits per heavy atom. The van der Waals surface area contributed by atoms with E-state index in [4.69, 9.17) is 4.74 Å². The van der Waals surface area contributed by atoms with Gasteiger partial charge in [0.2, 0.25) is 5.91 Å². The first kappa shape index (κ1) is 43.0. The molecule has 0 unspecified atom stereocenters. The second-order valence-corrected chi connectivity index (χ2v) is 7.87. The number of amides is 1. The standard InChI is InChI=1S/C12H19F6NO2.2C3F6O/c1-4-10(6-11(13,14)15,7-12(16,17)18)8-21-5-9(20)19(2)3;2*4-2(5,6)1(10)3(7,8)9/h4-8H2,1-3H3;;. The van der Waals surface area contributed by atoms with E-state index >= 15 is 0 Å². The number of carbonyl (C=O) groups is 3. The third kappa shape index (κ3) is 21.0. The monoisotopic (exact) mass is 655 g/mol. The van der Waals surface area contributed by atoms with E-state index in [-0.39, 0.29) is 6.42 Å². The van der Waals surface area contributed by atoms with Gasteiger partial charge in [0.25, 0.3) is 0 Å². The minimum atomic E-state index is -5.82. The maximum atomic E-state index is 12.5. The number of likely N-dealkylation sites (N-methyl/N-ethyl adjacent to an activating group) is 1. The van der Waals surface area contributed by atoms with E-state index in [1.165, 1.54) is 21.0 Å². The molecule has 23 heteroatoms. The summed E-state index contributed by atoms with van der Waals surface area (Å²) in [7, 11) is 2.81. The molecule has 41 heavy (non-hydrogen) atoms. The Morgan fingerprint density at radius 1 is 0.561 bits per heavy atom. The first-order chi connectivity index (χ1) is 17.6. The van der Waals surface area contributed by atoms with Gasteiger partial charge in [-0.2, -0.15) is 79.0 Å². The van der Waals surface area contributed by atoms with Crippen LogP contribution >= 0.6 is 0 Å². The lowest BCUT2D eigenvalue weighted by Gasteiger charge is -2.34. The number of halogens is 18. The third-order valence-electron chi connectivity index (χ3n) is 4.06. The van der Waals surface area contributed by atoms with Crippen LogP contribution in [0.3, 0.4) is 0 Å². The highest BCUT2D eigenvalue weighted by atomic mass is 19.4. The van der Waals surface area contributed by atoms with Crippen LogP contribution < -0.4 is 0 Å². The summed E-state index contributed by atoms with van der Waals surface area (Å²) in [5.41, 5.74) is -2.11. The number of rotatable bonds is 7. The Balaban J connectivity index is -0.000000601. The molecule has 246 valence electrons. The Bertz CT molecular complexity index is 747. The molecule has 0 aromatic rings. The molecule has 0 N–H and O–H groups in total. The zero-order chi connectivity index (χ0) is 34.1. The topological polar surface area (TPSA) is 63.7 Å². The van der Waals surface area contributed by atoms with Crippen LogP contribution in [0.4, 0.5) is 79.0 Å². The molecule has 0 radical (unpaired) electrons. The molecule has 0 atom stereocenters. The molecule has 0 fully saturated rings. The van der Waals surface area contributed by atoms with Crippen molar-refractivity contribution >= 4 is 17.5 Å². The second kappa shape index (κ2) is 15.1. The summed E-state index contributed by atoms with van der Waals surface area (Å²) in [6.07, 6.45) is -36.3. The molecule has 1 amide bonds. The van der Waals surface area contributed by atoms with Gasteiger partial charge in [-0.05, 0) is 6.42 Å². The SMILES string of the molecule is CCC(COCC(=O)N(C)C)(CC(F)(F)F)CC(F)(F)F.O=C(C(F)(F)F)C(F)(F)F.O=C(C(F)(F)F)C(F)(F)F. The average molecular weight is 655 g/mol. The van der Waals surface area contributed by atoms with Gasteiger partial charge in [-0.15, -0.1) is 0 Å². The molecular formula is C18H19F18NO4. The van der Waals surface area contributed by atoms with Crippen LogP contribution in [0.5, 0.6) is 0 Å². The lowest BCUT2D eigenvalue weighted by Crippen LogP contribution is -2.38. The normalized spacial score (nSPS) is 13.4. The van der Waals surface area contributed by atoms with Crippen LogP contribution in [0.25, 0.3) is 0 Å². The van der Waals surface area contributed by atoms with Crippen molar-refractivity contribution in [3.63, 3.8) is 0 Å². The van der Waals surface area contributed by atoms with Crippen LogP contribution in [0.1, 0.15) is 26.2 Å². The maximum absolute atomic E-state index is 12.5. The molecule has 0 aliphatic rings. The fraction of sp³-hybridized carbons (Fsp3) is 0.833. The van der Waals surface area contributed by atoms with Gasteiger partial charge in [0, 0.05) is 19.5 Å². The highest BCUT2D eigenvalue weighted by Crippen LogP contribution is 2.44. The molecule has 0 saturated carbocycles. The van der Waals surface area contributed by atoms with Crippen molar-refractivity contribution in [3.05, 3.63) is 0 Å². The van der Waals surface area contributed by atoms with E-state index in [9.17, 15) is 93.4 Å². The number of carbonyl (C=O) groups excluding carboxylic acids is 3. The van der Waals surface area contributed by atoms with Crippen molar-refractivity contribution in [2.45, 2.75) is 63.2 Å². The molecule has 5 nitrogen and oxygen atoms in total. The molecule has 0 bridgehead atoms. The summed E-state index contributed by atoms with van der Waals surface area (Å²) in [5, 5.41) is 0. The first-order valence-electron chi connectivity index (χ1n) is 9.89. The Labute approximate surface area is 217 Å². The third-order valence-corrected chi connectivity index (χ3v) is 4.06. The van der Waals surface area contributed by atoms with E-state index in [0.29, 0.717) is 0 Å². The predicted octanol–water partition coefficient (Wildman–Crippen LogP) is 6.75. The van der Waals surface area contributed by atoms with Gasteiger partial charge < -0.3 is 9.64 Å². The molecule has 0 aliphatic heterocycles. The zero-order valence-electron chi connectivity index (χ0n) is 20.4. The number of alkyl halides is 18. The second-order valence-electron chi connectivity index (χ2n) is 7.87. The Kier molecular flexibility index (Phi) is 15.8. The summed E-state index contributed by atoms with van der Waals surface area (Å²) in [4.78, 5) is 30.9. The van der Waals surface area contributed by atoms with Gasteiger partial charge in [-0.1, -0.05) is 6.92 Å². The van der Waals surface area contributed by atoms with E-state index in [1.54, 1.807) is 0 Å². The molecular weight excluding hydrogens is 636 g/mol. The van der Waals surface area contributed by atoms with Crippen molar-refractivity contribution in [1.82, 2.24) is 4.90 Å². The number of hydrogen-bond acceptors (Lipinski definition) is 4. The number of ketones is 2. The Morgan fingerprint density at radius 3 is 0.976 bits per heavy atom. The Hall–Kier alpha value is -2.49. The molecule has 0 aromatic heterocycles. The fourth-order valence-corrected chi connectivity index (χ4v) is 2.17. The summed E-state index contributed by atoms with van der Waals surface area (Å²) < 4.78 is 210. The van der Waals surface area contributed by atoms with E-state index in [0.717, 1.165) is 4.90 Å². The average Bonchev–Trinajstić information content (AvgIpc) is 2.68. The summed E-state index contributed by atoms with van der Waals surface area (Å²) in [6.45, 7) is -0.0822. The minimum Gasteiger partial charge on any atom is -0.371 e. The van der Waals surface area contributed by atoms with Crippen LogP contribution in [0, 0.1) is 5.41 Å². The van der Waals surface area contributed by atoms with Gasteiger partial charge in [-0.25, -0.2) is 0 Å². The molecule has 0 saturated heterocycles. The molecule has 0 rings (SSSR count). The molecule has 0 aromatic carbocycles. The van der Waals surface area contributed by atoms with Crippen molar-refractivity contribution in [2.24, 2.45) is 5.41 Å². The van der Waals surface area contributed by atoms with Crippen LogP contribution in [0.15, 0.2) is 0 Å². The highest BCUT2D eigenvalue weighted by molar-refractivity contribution is 5.89. The van der Waals surface area contributed by atoms with Crippen molar-refractivity contribution in [1.29, 1.82) is 0 Å². The summed E-state index contributed by atoms with van der Waals surface area (Å²) in [5.74, 6) is -7.89. The maximum Gasteiger partial charge on any atom is 0.459 e. The highest BCUT2D eigenvalue weighted by Gasteiger charge is 2.56. The number of ether oxygens (including phenoxy) is 1. The molecule has 0 spiro atoms. The zero-order valence-corrected chi connectivity index (χ0v) is 20.4. The fourth-order valence-electron chi connectivity index (χ4n) is 2.17. The molecule has 0 heterocycles. The summed E-state index contributed by atoms with van der Waals surface area (Å²) >= 11 is 0. The van der Waals surface area contributed by atoms with Gasteiger partial charge >= 0.3 is 48.6 Å². The lowest BCUT2D eigenvalue weighted by molar-refractivity contribution is -0.217. The van der Waals surface area contributed by atoms with Crippen molar-refractivity contribution < 1.29 is 98.1 Å². The van der Waals surface area contributed by atoms with Crippen LogP contribution in [0.2, 0.25) is 0 Å². The van der Waals surface area contributed by atoms with E-state index < -0.39 is 86.0 Å². The van der Waals surface area contributed by atoms with Gasteiger partial charge in [0.15, 0.2) is 0 Å². The molecule has 0 aliphatic carbocycles. The van der Waals surface area contributed by atoms with Crippen LogP contribution in [-0.2, 0) is 19.1 Å². The van der Waals surface area contributed by atoms with Gasteiger partial charge in [0.1, 0.15) is 6.61 Å². The first-order valence-corrected chi connectivity index (χ1v) is 9.89. The minimum absolute atomic E-state index is 0.359.